The largest absolute Gasteiger partial charge is 0.444 e. The molecule has 0 aliphatic rings. The predicted octanol–water partition coefficient (Wildman–Crippen LogP) is 2.79. The second-order valence-electron chi connectivity index (χ2n) is 3.37. The minimum absolute atomic E-state index is 0.127. The quantitative estimate of drug-likeness (QED) is 0.915. The molecule has 1 aromatic heterocycles. The average molecular weight is 296 g/mol. The zero-order chi connectivity index (χ0) is 12.3. The van der Waals surface area contributed by atoms with Crippen molar-refractivity contribution in [1.29, 1.82) is 0 Å². The van der Waals surface area contributed by atoms with Crippen LogP contribution in [-0.2, 0) is 6.61 Å². The molecule has 2 aromatic rings. The molecule has 1 amide bonds. The van der Waals surface area contributed by atoms with Gasteiger partial charge in [0.1, 0.15) is 0 Å². The first kappa shape index (κ1) is 11.9. The van der Waals surface area contributed by atoms with Crippen LogP contribution in [-0.4, -0.2) is 11.0 Å². The zero-order valence-electron chi connectivity index (χ0n) is 8.81. The van der Waals surface area contributed by atoms with E-state index in [2.05, 4.69) is 21.2 Å². The van der Waals surface area contributed by atoms with Crippen molar-refractivity contribution in [1.82, 2.24) is 0 Å². The molecule has 0 aliphatic heterocycles. The number of carbonyl (C=O) groups is 1. The number of aliphatic hydroxyl groups excluding tert-OH is 1. The number of furan rings is 1. The molecule has 2 N–H and O–H groups in total. The van der Waals surface area contributed by atoms with Crippen LogP contribution < -0.4 is 5.32 Å². The van der Waals surface area contributed by atoms with Gasteiger partial charge in [0.25, 0.3) is 5.91 Å². The number of aliphatic hydroxyl groups is 1. The number of hydrogen-bond acceptors (Lipinski definition) is 3. The average Bonchev–Trinajstić information content (AvgIpc) is 2.77. The minimum atomic E-state index is -0.350. The van der Waals surface area contributed by atoms with Gasteiger partial charge in [0, 0.05) is 11.3 Å². The Morgan fingerprint density at radius 3 is 2.71 bits per heavy atom. The third-order valence-corrected chi connectivity index (χ3v) is 2.66. The summed E-state index contributed by atoms with van der Waals surface area (Å²) in [5.41, 5.74) is 1.24. The zero-order valence-corrected chi connectivity index (χ0v) is 10.4. The lowest BCUT2D eigenvalue weighted by molar-refractivity contribution is 0.0995. The minimum Gasteiger partial charge on any atom is -0.444 e. The van der Waals surface area contributed by atoms with Crippen molar-refractivity contribution >= 4 is 27.5 Å². The van der Waals surface area contributed by atoms with Crippen molar-refractivity contribution in [3.63, 3.8) is 0 Å². The van der Waals surface area contributed by atoms with Gasteiger partial charge in [0.15, 0.2) is 10.4 Å². The molecule has 0 bridgehead atoms. The highest BCUT2D eigenvalue weighted by atomic mass is 79.9. The first-order valence-corrected chi connectivity index (χ1v) is 5.75. The molecule has 0 fully saturated rings. The molecule has 17 heavy (non-hydrogen) atoms. The summed E-state index contributed by atoms with van der Waals surface area (Å²) in [4.78, 5) is 11.8. The van der Waals surface area contributed by atoms with E-state index in [1.807, 2.05) is 0 Å². The van der Waals surface area contributed by atoms with E-state index < -0.39 is 0 Å². The van der Waals surface area contributed by atoms with Crippen molar-refractivity contribution < 1.29 is 14.3 Å². The normalized spacial score (nSPS) is 10.2. The molecule has 1 aromatic carbocycles. The van der Waals surface area contributed by atoms with Crippen LogP contribution in [0, 0.1) is 0 Å². The van der Waals surface area contributed by atoms with E-state index >= 15 is 0 Å². The summed E-state index contributed by atoms with van der Waals surface area (Å²) in [5.74, 6) is -0.138. The first-order chi connectivity index (χ1) is 8.20. The number of benzene rings is 1. The Labute approximate surface area is 106 Å². The van der Waals surface area contributed by atoms with Gasteiger partial charge in [-0.05, 0) is 34.1 Å². The van der Waals surface area contributed by atoms with E-state index in [1.165, 1.54) is 0 Å². The Morgan fingerprint density at radius 1 is 1.29 bits per heavy atom. The summed E-state index contributed by atoms with van der Waals surface area (Å²) in [6.45, 7) is -0.127. The van der Waals surface area contributed by atoms with Crippen LogP contribution in [0.5, 0.6) is 0 Å². The van der Waals surface area contributed by atoms with Gasteiger partial charge >= 0.3 is 0 Å². The molecule has 0 saturated carbocycles. The Morgan fingerprint density at radius 2 is 2.06 bits per heavy atom. The molecule has 88 valence electrons. The fourth-order valence-corrected chi connectivity index (χ4v) is 1.71. The van der Waals surface area contributed by atoms with Crippen LogP contribution in [0.15, 0.2) is 45.5 Å². The number of amides is 1. The maximum absolute atomic E-state index is 11.8. The van der Waals surface area contributed by atoms with Gasteiger partial charge in [-0.15, -0.1) is 0 Å². The maximum Gasteiger partial charge on any atom is 0.291 e. The summed E-state index contributed by atoms with van der Waals surface area (Å²) < 4.78 is 5.63. The molecule has 0 unspecified atom stereocenters. The molecular formula is C12H10BrNO3. The van der Waals surface area contributed by atoms with Gasteiger partial charge < -0.3 is 14.8 Å². The van der Waals surface area contributed by atoms with E-state index in [0.29, 0.717) is 15.9 Å². The van der Waals surface area contributed by atoms with Crippen LogP contribution in [0.25, 0.3) is 0 Å². The van der Waals surface area contributed by atoms with E-state index in [1.54, 1.807) is 36.4 Å². The Bertz CT molecular complexity index is 536. The second-order valence-corrected chi connectivity index (χ2v) is 4.15. The van der Waals surface area contributed by atoms with Crippen LogP contribution in [0.3, 0.4) is 0 Å². The van der Waals surface area contributed by atoms with Gasteiger partial charge in [0.2, 0.25) is 0 Å². The van der Waals surface area contributed by atoms with Crippen molar-refractivity contribution in [3.05, 3.63) is 52.4 Å². The first-order valence-electron chi connectivity index (χ1n) is 4.96. The lowest BCUT2D eigenvalue weighted by atomic mass is 10.2. The number of hydrogen-bond donors (Lipinski definition) is 2. The van der Waals surface area contributed by atoms with Crippen LogP contribution >= 0.6 is 15.9 Å². The monoisotopic (exact) mass is 295 g/mol. The third-order valence-electron chi connectivity index (χ3n) is 2.23. The van der Waals surface area contributed by atoms with Crippen molar-refractivity contribution in [2.24, 2.45) is 0 Å². The number of rotatable bonds is 3. The Kier molecular flexibility index (Phi) is 3.61. The van der Waals surface area contributed by atoms with Crippen molar-refractivity contribution in [3.8, 4) is 0 Å². The molecule has 1 heterocycles. The standard InChI is InChI=1S/C12H10BrNO3/c13-11-6-5-10(17-11)12(16)14-9-4-2-1-3-8(9)7-15/h1-6,15H,7H2,(H,14,16). The summed E-state index contributed by atoms with van der Waals surface area (Å²) in [6, 6.07) is 10.3. The lowest BCUT2D eigenvalue weighted by Gasteiger charge is -2.07. The predicted molar refractivity (Wildman–Crippen MR) is 66.7 cm³/mol. The molecule has 0 saturated heterocycles. The Balaban J connectivity index is 2.18. The van der Waals surface area contributed by atoms with E-state index in [0.717, 1.165) is 0 Å². The number of para-hydroxylation sites is 1. The van der Waals surface area contributed by atoms with Crippen molar-refractivity contribution in [2.75, 3.05) is 5.32 Å². The van der Waals surface area contributed by atoms with Crippen LogP contribution in [0.4, 0.5) is 5.69 Å². The molecule has 0 spiro atoms. The number of carbonyl (C=O) groups excluding carboxylic acids is 1. The SMILES string of the molecule is O=C(Nc1ccccc1CO)c1ccc(Br)o1. The van der Waals surface area contributed by atoms with Crippen LogP contribution in [0.1, 0.15) is 16.1 Å². The topological polar surface area (TPSA) is 62.5 Å². The highest BCUT2D eigenvalue weighted by Crippen LogP contribution is 2.18. The van der Waals surface area contributed by atoms with Gasteiger partial charge in [-0.2, -0.15) is 0 Å². The fourth-order valence-electron chi connectivity index (χ4n) is 1.40. The number of anilines is 1. The molecular weight excluding hydrogens is 286 g/mol. The fraction of sp³-hybridized carbons (Fsp3) is 0.0833. The second kappa shape index (κ2) is 5.16. The molecule has 0 atom stereocenters. The van der Waals surface area contributed by atoms with E-state index in [4.69, 9.17) is 9.52 Å². The highest BCUT2D eigenvalue weighted by molar-refractivity contribution is 9.10. The summed E-state index contributed by atoms with van der Waals surface area (Å²) in [5, 5.41) is 11.8. The lowest BCUT2D eigenvalue weighted by Crippen LogP contribution is -2.12. The molecule has 5 heteroatoms. The summed E-state index contributed by atoms with van der Waals surface area (Å²) in [7, 11) is 0. The summed E-state index contributed by atoms with van der Waals surface area (Å²) in [6.07, 6.45) is 0. The molecule has 0 radical (unpaired) electrons. The van der Waals surface area contributed by atoms with E-state index in [9.17, 15) is 4.79 Å². The van der Waals surface area contributed by atoms with Gasteiger partial charge in [0.05, 0.1) is 6.61 Å². The Hall–Kier alpha value is -1.59. The molecule has 0 aliphatic carbocycles. The highest BCUT2D eigenvalue weighted by Gasteiger charge is 2.12. The van der Waals surface area contributed by atoms with Gasteiger partial charge in [-0.3, -0.25) is 4.79 Å². The number of halogens is 1. The molecule has 2 rings (SSSR count). The van der Waals surface area contributed by atoms with Crippen molar-refractivity contribution in [2.45, 2.75) is 6.61 Å². The maximum atomic E-state index is 11.8. The smallest absolute Gasteiger partial charge is 0.291 e. The van der Waals surface area contributed by atoms with Crippen LogP contribution in [0.2, 0.25) is 0 Å². The van der Waals surface area contributed by atoms with E-state index in [-0.39, 0.29) is 18.3 Å². The van der Waals surface area contributed by atoms with Gasteiger partial charge in [-0.25, -0.2) is 0 Å². The third kappa shape index (κ3) is 2.75. The summed E-state index contributed by atoms with van der Waals surface area (Å²) >= 11 is 3.13. The van der Waals surface area contributed by atoms with Gasteiger partial charge in [-0.1, -0.05) is 18.2 Å². The number of nitrogens with one attached hydrogen (secondary N) is 1. The molecule has 4 nitrogen and oxygen atoms in total.